The van der Waals surface area contributed by atoms with Crippen LogP contribution in [0.3, 0.4) is 0 Å². The maximum absolute atomic E-state index is 9.63. The normalized spacial score (nSPS) is 12.3. The van der Waals surface area contributed by atoms with Gasteiger partial charge in [-0.2, -0.15) is 4.98 Å². The fourth-order valence-corrected chi connectivity index (χ4v) is 1.41. The van der Waals surface area contributed by atoms with E-state index in [2.05, 4.69) is 4.98 Å². The molecule has 90 valence electrons. The number of nitrogens with zero attached hydrogens (tertiary/aromatic N) is 2. The monoisotopic (exact) mass is 224 g/mol. The lowest BCUT2D eigenvalue weighted by Gasteiger charge is -2.15. The molecule has 0 aliphatic rings. The van der Waals surface area contributed by atoms with E-state index in [0.717, 1.165) is 17.8 Å². The Morgan fingerprint density at radius 2 is 2.12 bits per heavy atom. The van der Waals surface area contributed by atoms with E-state index in [1.807, 2.05) is 38.1 Å². The van der Waals surface area contributed by atoms with Crippen molar-refractivity contribution in [1.82, 2.24) is 4.98 Å². The maximum Gasteiger partial charge on any atom is 0.215 e. The molecule has 0 saturated carbocycles. The predicted octanol–water partition coefficient (Wildman–Crippen LogP) is 1.47. The van der Waals surface area contributed by atoms with Gasteiger partial charge in [-0.3, -0.25) is 0 Å². The summed E-state index contributed by atoms with van der Waals surface area (Å²) in [4.78, 5) is 6.23. The van der Waals surface area contributed by atoms with Gasteiger partial charge >= 0.3 is 0 Å². The fourth-order valence-electron chi connectivity index (χ4n) is 1.41. The lowest BCUT2D eigenvalue weighted by atomic mass is 10.1. The lowest BCUT2D eigenvalue weighted by Crippen LogP contribution is -2.13. The minimum atomic E-state index is -0.304. The molecule has 1 rings (SSSR count). The number of hydrogen-bond acceptors (Lipinski definition) is 4. The summed E-state index contributed by atoms with van der Waals surface area (Å²) < 4.78 is 5.14. The zero-order chi connectivity index (χ0) is 12.1. The van der Waals surface area contributed by atoms with Gasteiger partial charge in [0.1, 0.15) is 5.82 Å². The Balaban J connectivity index is 2.95. The first-order chi connectivity index (χ1) is 7.56. The molecule has 1 heterocycles. The molecule has 0 aromatic carbocycles. The number of hydrogen-bond donors (Lipinski definition) is 1. The van der Waals surface area contributed by atoms with Crippen LogP contribution in [0.25, 0.3) is 0 Å². The maximum atomic E-state index is 9.63. The molecule has 1 atom stereocenters. The van der Waals surface area contributed by atoms with Crippen molar-refractivity contribution in [1.29, 1.82) is 0 Å². The van der Waals surface area contributed by atoms with Gasteiger partial charge in [-0.1, -0.05) is 6.92 Å². The molecule has 1 aromatic rings. The number of aliphatic hydroxyl groups excluding tert-OH is 1. The number of ether oxygens (including phenoxy) is 1. The van der Waals surface area contributed by atoms with Gasteiger partial charge in [0.25, 0.3) is 0 Å². The average molecular weight is 224 g/mol. The summed E-state index contributed by atoms with van der Waals surface area (Å²) in [7, 11) is 5.46. The van der Waals surface area contributed by atoms with Crippen LogP contribution in [0.4, 0.5) is 5.82 Å². The van der Waals surface area contributed by atoms with Crippen LogP contribution in [-0.4, -0.2) is 37.4 Å². The standard InChI is InChI=1S/C12H20N2O2/c1-5-10(15)6-9-7-11(14(2)3)13-12(8-9)16-4/h7-8,10,15H,5-6H2,1-4H3. The second-order valence-electron chi connectivity index (χ2n) is 4.04. The van der Waals surface area contributed by atoms with E-state index in [1.165, 1.54) is 0 Å². The smallest absolute Gasteiger partial charge is 0.215 e. The summed E-state index contributed by atoms with van der Waals surface area (Å²) in [6, 6.07) is 3.84. The molecule has 4 heteroatoms. The van der Waals surface area contributed by atoms with Gasteiger partial charge in [-0.25, -0.2) is 0 Å². The summed E-state index contributed by atoms with van der Waals surface area (Å²) in [6.07, 6.45) is 1.08. The van der Waals surface area contributed by atoms with Gasteiger partial charge in [0.15, 0.2) is 0 Å². The van der Waals surface area contributed by atoms with Crippen molar-refractivity contribution in [2.75, 3.05) is 26.1 Å². The van der Waals surface area contributed by atoms with Crippen LogP contribution in [0.1, 0.15) is 18.9 Å². The van der Waals surface area contributed by atoms with E-state index in [4.69, 9.17) is 4.74 Å². The van der Waals surface area contributed by atoms with Gasteiger partial charge in [-0.05, 0) is 24.5 Å². The van der Waals surface area contributed by atoms with Crippen molar-refractivity contribution in [3.63, 3.8) is 0 Å². The SMILES string of the molecule is CCC(O)Cc1cc(OC)nc(N(C)C)c1. The number of rotatable bonds is 5. The molecule has 0 radical (unpaired) electrons. The molecule has 0 aliphatic carbocycles. The van der Waals surface area contributed by atoms with Gasteiger partial charge in [0, 0.05) is 20.2 Å². The topological polar surface area (TPSA) is 45.6 Å². The van der Waals surface area contributed by atoms with E-state index in [0.29, 0.717) is 12.3 Å². The molecule has 0 amide bonds. The van der Waals surface area contributed by atoms with E-state index < -0.39 is 0 Å². The molecular formula is C12H20N2O2. The first kappa shape index (κ1) is 12.8. The Kier molecular flexibility index (Phi) is 4.55. The molecule has 16 heavy (non-hydrogen) atoms. The average Bonchev–Trinajstić information content (AvgIpc) is 2.28. The number of methoxy groups -OCH3 is 1. The summed E-state index contributed by atoms with van der Waals surface area (Å²) >= 11 is 0. The third kappa shape index (κ3) is 3.38. The van der Waals surface area contributed by atoms with Crippen LogP contribution < -0.4 is 9.64 Å². The highest BCUT2D eigenvalue weighted by Crippen LogP contribution is 2.19. The van der Waals surface area contributed by atoms with Crippen molar-refractivity contribution in [2.45, 2.75) is 25.9 Å². The molecule has 0 bridgehead atoms. The Morgan fingerprint density at radius 3 is 2.62 bits per heavy atom. The Labute approximate surface area is 96.9 Å². The van der Waals surface area contributed by atoms with E-state index in [1.54, 1.807) is 7.11 Å². The van der Waals surface area contributed by atoms with Gasteiger partial charge in [0.05, 0.1) is 13.2 Å². The largest absolute Gasteiger partial charge is 0.481 e. The second-order valence-corrected chi connectivity index (χ2v) is 4.04. The number of anilines is 1. The fraction of sp³-hybridized carbons (Fsp3) is 0.583. The highest BCUT2D eigenvalue weighted by atomic mass is 16.5. The van der Waals surface area contributed by atoms with Gasteiger partial charge in [-0.15, -0.1) is 0 Å². The van der Waals surface area contributed by atoms with E-state index >= 15 is 0 Å². The van der Waals surface area contributed by atoms with Crippen molar-refractivity contribution in [2.24, 2.45) is 0 Å². The Hall–Kier alpha value is -1.29. The van der Waals surface area contributed by atoms with Crippen molar-refractivity contribution in [3.05, 3.63) is 17.7 Å². The molecule has 0 fully saturated rings. The summed E-state index contributed by atoms with van der Waals surface area (Å²) in [5.41, 5.74) is 1.05. The van der Waals surface area contributed by atoms with Crippen LogP contribution in [0.5, 0.6) is 5.88 Å². The highest BCUT2D eigenvalue weighted by molar-refractivity contribution is 5.43. The number of aromatic nitrogens is 1. The number of pyridine rings is 1. The lowest BCUT2D eigenvalue weighted by molar-refractivity contribution is 0.170. The van der Waals surface area contributed by atoms with Crippen LogP contribution in [0.15, 0.2) is 12.1 Å². The second kappa shape index (κ2) is 5.70. The molecule has 0 saturated heterocycles. The van der Waals surface area contributed by atoms with Gasteiger partial charge in [0.2, 0.25) is 5.88 Å². The molecule has 1 unspecified atom stereocenters. The first-order valence-electron chi connectivity index (χ1n) is 5.47. The molecule has 1 N–H and O–H groups in total. The predicted molar refractivity (Wildman–Crippen MR) is 65.1 cm³/mol. The van der Waals surface area contributed by atoms with E-state index in [9.17, 15) is 5.11 Å². The molecule has 1 aromatic heterocycles. The minimum absolute atomic E-state index is 0.304. The summed E-state index contributed by atoms with van der Waals surface area (Å²) in [6.45, 7) is 1.97. The molecule has 4 nitrogen and oxygen atoms in total. The molecule has 0 aliphatic heterocycles. The third-order valence-corrected chi connectivity index (χ3v) is 2.46. The van der Waals surface area contributed by atoms with Crippen LogP contribution in [0.2, 0.25) is 0 Å². The molecule has 0 spiro atoms. The first-order valence-corrected chi connectivity index (χ1v) is 5.47. The minimum Gasteiger partial charge on any atom is -0.481 e. The van der Waals surface area contributed by atoms with Crippen molar-refractivity contribution < 1.29 is 9.84 Å². The van der Waals surface area contributed by atoms with E-state index in [-0.39, 0.29) is 6.10 Å². The Bertz CT molecular complexity index is 340. The van der Waals surface area contributed by atoms with Crippen LogP contribution in [0, 0.1) is 0 Å². The number of aliphatic hydroxyl groups is 1. The zero-order valence-corrected chi connectivity index (χ0v) is 10.4. The summed E-state index contributed by atoms with van der Waals surface area (Å²) in [5.74, 6) is 1.43. The summed E-state index contributed by atoms with van der Waals surface area (Å²) in [5, 5.41) is 9.63. The van der Waals surface area contributed by atoms with Crippen molar-refractivity contribution >= 4 is 5.82 Å². The zero-order valence-electron chi connectivity index (χ0n) is 10.4. The third-order valence-electron chi connectivity index (χ3n) is 2.46. The van der Waals surface area contributed by atoms with Crippen LogP contribution >= 0.6 is 0 Å². The highest BCUT2D eigenvalue weighted by Gasteiger charge is 2.08. The quantitative estimate of drug-likeness (QED) is 0.822. The van der Waals surface area contributed by atoms with Gasteiger partial charge < -0.3 is 14.7 Å². The molecular weight excluding hydrogens is 204 g/mol. The van der Waals surface area contributed by atoms with Crippen LogP contribution in [-0.2, 0) is 6.42 Å². The Morgan fingerprint density at radius 1 is 1.44 bits per heavy atom. The van der Waals surface area contributed by atoms with Crippen molar-refractivity contribution in [3.8, 4) is 5.88 Å².